The number of hydroxylamine groups is 2. The summed E-state index contributed by atoms with van der Waals surface area (Å²) in [5.74, 6) is -0.258. The summed E-state index contributed by atoms with van der Waals surface area (Å²) in [6.45, 7) is 11.2. The van der Waals surface area contributed by atoms with Gasteiger partial charge in [0.25, 0.3) is 5.91 Å². The minimum atomic E-state index is -0.519. The van der Waals surface area contributed by atoms with Crippen molar-refractivity contribution >= 4 is 5.91 Å². The molecule has 86 valence electrons. The molecule has 0 aliphatic carbocycles. The molecule has 0 aliphatic heterocycles. The number of nitrogens with zero attached hydrogens (tertiary/aromatic N) is 1. The van der Waals surface area contributed by atoms with Gasteiger partial charge in [0, 0.05) is 5.41 Å². The smallest absolute Gasteiger partial charge is 0.251 e. The molecule has 0 bridgehead atoms. The lowest BCUT2D eigenvalue weighted by atomic mass is 9.89. The standard InChI is InChI=1S/C12H21NO2/c1-6-10(7-2)9-13(15)11(14)12(4,5)8-3/h6-7,15H,1,8-9H2,2-5H3/b10-7+. The number of hydrogen-bond acceptors (Lipinski definition) is 2. The molecule has 0 saturated carbocycles. The lowest BCUT2D eigenvalue weighted by Gasteiger charge is -2.26. The minimum Gasteiger partial charge on any atom is -0.286 e. The normalized spacial score (nSPS) is 12.5. The second-order valence-corrected chi connectivity index (χ2v) is 4.17. The molecule has 1 N–H and O–H groups in total. The number of amides is 1. The lowest BCUT2D eigenvalue weighted by Crippen LogP contribution is -2.39. The Kier molecular flexibility index (Phi) is 5.29. The summed E-state index contributed by atoms with van der Waals surface area (Å²) in [5, 5.41) is 10.4. The highest BCUT2D eigenvalue weighted by molar-refractivity contribution is 5.81. The Balaban J connectivity index is 4.53. The third-order valence-corrected chi connectivity index (χ3v) is 2.66. The van der Waals surface area contributed by atoms with Crippen molar-refractivity contribution in [1.29, 1.82) is 0 Å². The molecule has 0 spiro atoms. The summed E-state index contributed by atoms with van der Waals surface area (Å²) in [7, 11) is 0. The molecule has 3 nitrogen and oxygen atoms in total. The molecule has 0 radical (unpaired) electrons. The quantitative estimate of drug-likeness (QED) is 0.431. The van der Waals surface area contributed by atoms with E-state index in [0.717, 1.165) is 10.6 Å². The van der Waals surface area contributed by atoms with E-state index in [9.17, 15) is 10.0 Å². The van der Waals surface area contributed by atoms with Gasteiger partial charge in [-0.15, -0.1) is 0 Å². The average molecular weight is 211 g/mol. The van der Waals surface area contributed by atoms with Crippen LogP contribution in [0.3, 0.4) is 0 Å². The van der Waals surface area contributed by atoms with Crippen LogP contribution in [0.2, 0.25) is 0 Å². The molecule has 0 fully saturated rings. The van der Waals surface area contributed by atoms with Gasteiger partial charge < -0.3 is 0 Å². The van der Waals surface area contributed by atoms with Gasteiger partial charge in [0.15, 0.2) is 0 Å². The molecule has 15 heavy (non-hydrogen) atoms. The van der Waals surface area contributed by atoms with Gasteiger partial charge in [-0.3, -0.25) is 10.0 Å². The molecule has 0 saturated heterocycles. The van der Waals surface area contributed by atoms with Crippen molar-refractivity contribution in [1.82, 2.24) is 5.06 Å². The minimum absolute atomic E-state index is 0.197. The van der Waals surface area contributed by atoms with E-state index in [1.54, 1.807) is 6.08 Å². The monoisotopic (exact) mass is 211 g/mol. The van der Waals surface area contributed by atoms with Crippen LogP contribution in [-0.4, -0.2) is 22.7 Å². The van der Waals surface area contributed by atoms with Crippen LogP contribution in [0.5, 0.6) is 0 Å². The first kappa shape index (κ1) is 13.9. The number of rotatable bonds is 5. The van der Waals surface area contributed by atoms with Gasteiger partial charge in [0.05, 0.1) is 6.54 Å². The van der Waals surface area contributed by atoms with E-state index in [1.165, 1.54) is 0 Å². The summed E-state index contributed by atoms with van der Waals surface area (Å²) < 4.78 is 0. The van der Waals surface area contributed by atoms with Gasteiger partial charge in [-0.2, -0.15) is 0 Å². The van der Waals surface area contributed by atoms with Gasteiger partial charge in [-0.1, -0.05) is 39.5 Å². The maximum atomic E-state index is 11.8. The Morgan fingerprint density at radius 2 is 2.07 bits per heavy atom. The van der Waals surface area contributed by atoms with Crippen LogP contribution in [0.15, 0.2) is 24.3 Å². The van der Waals surface area contributed by atoms with E-state index in [-0.39, 0.29) is 12.5 Å². The zero-order valence-electron chi connectivity index (χ0n) is 10.1. The van der Waals surface area contributed by atoms with Crippen LogP contribution in [0.4, 0.5) is 0 Å². The largest absolute Gasteiger partial charge is 0.286 e. The average Bonchev–Trinajstić information content (AvgIpc) is 2.24. The number of carbonyl (C=O) groups is 1. The van der Waals surface area contributed by atoms with Gasteiger partial charge >= 0.3 is 0 Å². The summed E-state index contributed by atoms with van der Waals surface area (Å²) in [4.78, 5) is 11.8. The van der Waals surface area contributed by atoms with Crippen molar-refractivity contribution in [3.05, 3.63) is 24.3 Å². The molecule has 0 aromatic rings. The van der Waals surface area contributed by atoms with Crippen LogP contribution >= 0.6 is 0 Å². The van der Waals surface area contributed by atoms with Crippen molar-refractivity contribution in [2.75, 3.05) is 6.54 Å². The molecular weight excluding hydrogens is 190 g/mol. The second-order valence-electron chi connectivity index (χ2n) is 4.17. The van der Waals surface area contributed by atoms with Crippen LogP contribution in [0.1, 0.15) is 34.1 Å². The number of hydrogen-bond donors (Lipinski definition) is 1. The number of allylic oxidation sites excluding steroid dienone is 1. The molecule has 0 heterocycles. The highest BCUT2D eigenvalue weighted by Gasteiger charge is 2.29. The third kappa shape index (κ3) is 3.88. The van der Waals surface area contributed by atoms with Gasteiger partial charge in [0.2, 0.25) is 0 Å². The molecule has 0 unspecified atom stereocenters. The van der Waals surface area contributed by atoms with Crippen LogP contribution in [-0.2, 0) is 4.79 Å². The lowest BCUT2D eigenvalue weighted by molar-refractivity contribution is -0.173. The molecule has 0 aromatic heterocycles. The van der Waals surface area contributed by atoms with Gasteiger partial charge in [-0.25, -0.2) is 5.06 Å². The predicted molar refractivity (Wildman–Crippen MR) is 61.5 cm³/mol. The Morgan fingerprint density at radius 3 is 2.40 bits per heavy atom. The van der Waals surface area contributed by atoms with Crippen molar-refractivity contribution < 1.29 is 10.0 Å². The van der Waals surface area contributed by atoms with E-state index in [4.69, 9.17) is 0 Å². The summed E-state index contributed by atoms with van der Waals surface area (Å²) in [6.07, 6.45) is 4.15. The van der Waals surface area contributed by atoms with Gasteiger partial charge in [-0.05, 0) is 18.9 Å². The first-order chi connectivity index (χ1) is 6.88. The molecule has 0 rings (SSSR count). The van der Waals surface area contributed by atoms with Crippen molar-refractivity contribution in [3.63, 3.8) is 0 Å². The fraction of sp³-hybridized carbons (Fsp3) is 0.583. The van der Waals surface area contributed by atoms with E-state index in [0.29, 0.717) is 6.42 Å². The Bertz CT molecular complexity index is 267. The van der Waals surface area contributed by atoms with Crippen molar-refractivity contribution in [2.45, 2.75) is 34.1 Å². The summed E-state index contributed by atoms with van der Waals surface area (Å²) in [5.41, 5.74) is 0.312. The number of carbonyl (C=O) groups excluding carboxylic acids is 1. The fourth-order valence-electron chi connectivity index (χ4n) is 1.02. The molecule has 0 aromatic carbocycles. The van der Waals surface area contributed by atoms with E-state index >= 15 is 0 Å². The highest BCUT2D eigenvalue weighted by Crippen LogP contribution is 2.22. The molecule has 0 atom stereocenters. The van der Waals surface area contributed by atoms with Crippen molar-refractivity contribution in [2.24, 2.45) is 5.41 Å². The first-order valence-electron chi connectivity index (χ1n) is 5.17. The van der Waals surface area contributed by atoms with E-state index < -0.39 is 5.41 Å². The van der Waals surface area contributed by atoms with Gasteiger partial charge in [0.1, 0.15) is 0 Å². The Hall–Kier alpha value is -1.09. The predicted octanol–water partition coefficient (Wildman–Crippen LogP) is 2.77. The highest BCUT2D eigenvalue weighted by atomic mass is 16.5. The Labute approximate surface area is 92.0 Å². The zero-order chi connectivity index (χ0) is 12.1. The molecule has 3 heteroatoms. The van der Waals surface area contributed by atoms with E-state index in [1.807, 2.05) is 33.8 Å². The maximum Gasteiger partial charge on any atom is 0.251 e. The molecule has 0 aliphatic rings. The Morgan fingerprint density at radius 1 is 1.53 bits per heavy atom. The van der Waals surface area contributed by atoms with Crippen LogP contribution in [0, 0.1) is 5.41 Å². The van der Waals surface area contributed by atoms with Crippen LogP contribution < -0.4 is 0 Å². The zero-order valence-corrected chi connectivity index (χ0v) is 10.1. The first-order valence-corrected chi connectivity index (χ1v) is 5.17. The third-order valence-electron chi connectivity index (χ3n) is 2.66. The molecule has 1 amide bonds. The van der Waals surface area contributed by atoms with Crippen LogP contribution in [0.25, 0.3) is 0 Å². The summed E-state index contributed by atoms with van der Waals surface area (Å²) >= 11 is 0. The van der Waals surface area contributed by atoms with E-state index in [2.05, 4.69) is 6.58 Å². The topological polar surface area (TPSA) is 40.5 Å². The second kappa shape index (κ2) is 5.71. The maximum absolute atomic E-state index is 11.8. The summed E-state index contributed by atoms with van der Waals surface area (Å²) in [6, 6.07) is 0. The molecular formula is C12H21NO2. The fourth-order valence-corrected chi connectivity index (χ4v) is 1.02. The SMILES string of the molecule is C=C/C(=C\C)CN(O)C(=O)C(C)(C)CC. The van der Waals surface area contributed by atoms with Crippen molar-refractivity contribution in [3.8, 4) is 0 Å².